The lowest BCUT2D eigenvalue weighted by atomic mass is 10.0. The van der Waals surface area contributed by atoms with Gasteiger partial charge in [0.25, 0.3) is 0 Å². The average molecular weight is 390 g/mol. The summed E-state index contributed by atoms with van der Waals surface area (Å²) in [6.07, 6.45) is 2.71. The zero-order chi connectivity index (χ0) is 20.2. The van der Waals surface area contributed by atoms with Crippen LogP contribution in [0.2, 0.25) is 0 Å². The van der Waals surface area contributed by atoms with Crippen molar-refractivity contribution < 1.29 is 27.8 Å². The molecule has 0 aliphatic heterocycles. The van der Waals surface area contributed by atoms with Gasteiger partial charge in [-0.25, -0.2) is 4.79 Å². The molecule has 0 fully saturated rings. The second-order valence-corrected chi connectivity index (χ2v) is 6.15. The Morgan fingerprint density at radius 2 is 1.50 bits per heavy atom. The second-order valence-electron chi connectivity index (χ2n) is 6.15. The molecule has 0 aromatic heterocycles. The number of esters is 1. The maximum atomic E-state index is 14.3. The molecule has 6 heteroatoms. The van der Waals surface area contributed by atoms with Crippen molar-refractivity contribution in [3.8, 4) is 0 Å². The van der Waals surface area contributed by atoms with Crippen LogP contribution in [-0.2, 0) is 32.2 Å². The molecule has 0 radical (unpaired) electrons. The molecular formula is C22H24F2O4. The molecule has 0 saturated carbocycles. The van der Waals surface area contributed by atoms with Crippen LogP contribution < -0.4 is 0 Å². The molecule has 0 heterocycles. The van der Waals surface area contributed by atoms with E-state index in [2.05, 4.69) is 4.74 Å². The van der Waals surface area contributed by atoms with E-state index < -0.39 is 17.8 Å². The van der Waals surface area contributed by atoms with E-state index in [1.165, 1.54) is 12.2 Å². The summed E-state index contributed by atoms with van der Waals surface area (Å²) in [7, 11) is 0.935. The number of carbonyl (C=O) groups is 1. The zero-order valence-electron chi connectivity index (χ0n) is 15.7. The maximum absolute atomic E-state index is 14.3. The molecule has 150 valence electrons. The Bertz CT molecular complexity index is 733. The fourth-order valence-corrected chi connectivity index (χ4v) is 2.49. The van der Waals surface area contributed by atoms with E-state index in [0.29, 0.717) is 6.61 Å². The molecule has 0 N–H and O–H groups in total. The topological polar surface area (TPSA) is 44.8 Å². The molecule has 0 bridgehead atoms. The maximum Gasteiger partial charge on any atom is 0.377 e. The first kappa shape index (κ1) is 21.7. The van der Waals surface area contributed by atoms with E-state index in [-0.39, 0.29) is 19.8 Å². The Kier molecular flexibility index (Phi) is 8.78. The number of rotatable bonds is 11. The van der Waals surface area contributed by atoms with Gasteiger partial charge < -0.3 is 14.2 Å². The Morgan fingerprint density at radius 1 is 0.964 bits per heavy atom. The summed E-state index contributed by atoms with van der Waals surface area (Å²) in [4.78, 5) is 11.5. The number of hydrogen-bond donors (Lipinski definition) is 0. The van der Waals surface area contributed by atoms with E-state index in [9.17, 15) is 13.6 Å². The molecule has 0 spiro atoms. The van der Waals surface area contributed by atoms with Gasteiger partial charge in [-0.15, -0.1) is 0 Å². The molecule has 2 aromatic rings. The highest BCUT2D eigenvalue weighted by Crippen LogP contribution is 2.28. The van der Waals surface area contributed by atoms with Gasteiger partial charge in [-0.2, -0.15) is 8.78 Å². The van der Waals surface area contributed by atoms with Gasteiger partial charge in [-0.1, -0.05) is 72.8 Å². The molecule has 0 unspecified atom stereocenters. The lowest BCUT2D eigenvalue weighted by Crippen LogP contribution is -2.39. The monoisotopic (exact) mass is 390 g/mol. The zero-order valence-corrected chi connectivity index (χ0v) is 15.7. The SMILES string of the molecule is COC(=O)C(F)(F)[C@H](/C=C/COCc1ccccc1)COCc1ccccc1. The third-order valence-corrected chi connectivity index (χ3v) is 4.03. The predicted octanol–water partition coefficient (Wildman–Crippen LogP) is 4.40. The van der Waals surface area contributed by atoms with E-state index in [0.717, 1.165) is 18.2 Å². The molecule has 2 aromatic carbocycles. The van der Waals surface area contributed by atoms with Crippen molar-refractivity contribution in [3.63, 3.8) is 0 Å². The minimum Gasteiger partial charge on any atom is -0.465 e. The van der Waals surface area contributed by atoms with Crippen LogP contribution in [0.25, 0.3) is 0 Å². The van der Waals surface area contributed by atoms with Crippen molar-refractivity contribution in [3.05, 3.63) is 83.9 Å². The number of alkyl halides is 2. The van der Waals surface area contributed by atoms with Crippen molar-refractivity contribution in [1.82, 2.24) is 0 Å². The van der Waals surface area contributed by atoms with Crippen LogP contribution in [0.4, 0.5) is 8.78 Å². The Morgan fingerprint density at radius 3 is 2.04 bits per heavy atom. The number of benzene rings is 2. The van der Waals surface area contributed by atoms with Gasteiger partial charge >= 0.3 is 11.9 Å². The Hall–Kier alpha value is -2.57. The van der Waals surface area contributed by atoms with Crippen molar-refractivity contribution in [2.24, 2.45) is 5.92 Å². The molecule has 2 rings (SSSR count). The third kappa shape index (κ3) is 6.87. The van der Waals surface area contributed by atoms with Crippen LogP contribution in [0.1, 0.15) is 11.1 Å². The van der Waals surface area contributed by atoms with Crippen LogP contribution in [-0.4, -0.2) is 32.2 Å². The molecular weight excluding hydrogens is 366 g/mol. The van der Waals surface area contributed by atoms with Crippen molar-refractivity contribution in [2.45, 2.75) is 19.1 Å². The minimum absolute atomic E-state index is 0.140. The Balaban J connectivity index is 1.90. The predicted molar refractivity (Wildman–Crippen MR) is 102 cm³/mol. The van der Waals surface area contributed by atoms with Gasteiger partial charge in [0.1, 0.15) is 0 Å². The van der Waals surface area contributed by atoms with Crippen LogP contribution in [0.5, 0.6) is 0 Å². The largest absolute Gasteiger partial charge is 0.465 e. The fourth-order valence-electron chi connectivity index (χ4n) is 2.49. The lowest BCUT2D eigenvalue weighted by Gasteiger charge is -2.22. The number of carbonyl (C=O) groups excluding carboxylic acids is 1. The third-order valence-electron chi connectivity index (χ3n) is 4.03. The van der Waals surface area contributed by atoms with Gasteiger partial charge in [0, 0.05) is 0 Å². The van der Waals surface area contributed by atoms with Crippen LogP contribution in [0, 0.1) is 5.92 Å². The summed E-state index contributed by atoms with van der Waals surface area (Å²) in [5.41, 5.74) is 1.84. The molecule has 4 nitrogen and oxygen atoms in total. The molecule has 0 aliphatic carbocycles. The lowest BCUT2D eigenvalue weighted by molar-refractivity contribution is -0.177. The van der Waals surface area contributed by atoms with Crippen LogP contribution in [0.3, 0.4) is 0 Å². The summed E-state index contributed by atoms with van der Waals surface area (Å²) in [6, 6.07) is 18.7. The van der Waals surface area contributed by atoms with Crippen molar-refractivity contribution in [1.29, 1.82) is 0 Å². The van der Waals surface area contributed by atoms with Gasteiger partial charge in [-0.3, -0.25) is 0 Å². The molecule has 0 aliphatic rings. The second kappa shape index (κ2) is 11.3. The van der Waals surface area contributed by atoms with E-state index >= 15 is 0 Å². The smallest absolute Gasteiger partial charge is 0.377 e. The van der Waals surface area contributed by atoms with Gasteiger partial charge in [0.2, 0.25) is 0 Å². The molecule has 0 saturated heterocycles. The van der Waals surface area contributed by atoms with Crippen molar-refractivity contribution in [2.75, 3.05) is 20.3 Å². The highest BCUT2D eigenvalue weighted by molar-refractivity contribution is 5.78. The molecule has 0 amide bonds. The van der Waals surface area contributed by atoms with Crippen LogP contribution >= 0.6 is 0 Å². The van der Waals surface area contributed by atoms with E-state index in [4.69, 9.17) is 9.47 Å². The average Bonchev–Trinajstić information content (AvgIpc) is 2.73. The summed E-state index contributed by atoms with van der Waals surface area (Å²) < 4.78 is 43.8. The van der Waals surface area contributed by atoms with Gasteiger partial charge in [-0.05, 0) is 11.1 Å². The number of halogens is 2. The van der Waals surface area contributed by atoms with Crippen LogP contribution in [0.15, 0.2) is 72.8 Å². The first-order valence-corrected chi connectivity index (χ1v) is 8.90. The normalized spacial score (nSPS) is 12.8. The van der Waals surface area contributed by atoms with E-state index in [1.54, 1.807) is 0 Å². The highest BCUT2D eigenvalue weighted by atomic mass is 19.3. The molecule has 28 heavy (non-hydrogen) atoms. The van der Waals surface area contributed by atoms with Crippen molar-refractivity contribution >= 4 is 5.97 Å². The first-order valence-electron chi connectivity index (χ1n) is 8.90. The fraction of sp³-hybridized carbons (Fsp3) is 0.318. The quantitative estimate of drug-likeness (QED) is 0.324. The Labute approximate surface area is 163 Å². The minimum atomic E-state index is -3.69. The number of methoxy groups -OCH3 is 1. The number of hydrogen-bond acceptors (Lipinski definition) is 4. The van der Waals surface area contributed by atoms with Gasteiger partial charge in [0.05, 0.1) is 39.5 Å². The molecule has 1 atom stereocenters. The summed E-state index contributed by atoms with van der Waals surface area (Å²) >= 11 is 0. The summed E-state index contributed by atoms with van der Waals surface area (Å²) in [5.74, 6) is -6.74. The van der Waals surface area contributed by atoms with E-state index in [1.807, 2.05) is 60.7 Å². The van der Waals surface area contributed by atoms with Gasteiger partial charge in [0.15, 0.2) is 0 Å². The summed E-state index contributed by atoms with van der Waals surface area (Å²) in [5, 5.41) is 0. The first-order chi connectivity index (χ1) is 13.5. The number of ether oxygens (including phenoxy) is 3. The summed E-state index contributed by atoms with van der Waals surface area (Å²) in [6.45, 7) is 0.355. The highest BCUT2D eigenvalue weighted by Gasteiger charge is 2.47. The standard InChI is InChI=1S/C22H24F2O4/c1-26-21(25)22(23,24)20(17-28-16-19-11-6-3-7-12-19)13-8-14-27-15-18-9-4-2-5-10-18/h2-13,20H,14-17H2,1H3/b13-8+/t20-/m1/s1.